The van der Waals surface area contributed by atoms with Crippen LogP contribution in [0.1, 0.15) is 18.5 Å². The summed E-state index contributed by atoms with van der Waals surface area (Å²) in [6.45, 7) is 9.31. The molecule has 2 aromatic rings. The quantitative estimate of drug-likeness (QED) is 0.733. The summed E-state index contributed by atoms with van der Waals surface area (Å²) in [4.78, 5) is 24.2. The number of benzene rings is 1. The van der Waals surface area contributed by atoms with Gasteiger partial charge in [-0.2, -0.15) is 0 Å². The van der Waals surface area contributed by atoms with Crippen LogP contribution in [-0.2, 0) is 9.53 Å². The van der Waals surface area contributed by atoms with Crippen LogP contribution in [0.3, 0.4) is 0 Å². The monoisotopic (exact) mass is 423 g/mol. The maximum Gasteiger partial charge on any atom is 0.234 e. The normalized spacial score (nSPS) is 20.2. The molecule has 0 unspecified atom stereocenters. The lowest BCUT2D eigenvalue weighted by Crippen LogP contribution is -2.52. The van der Waals surface area contributed by atoms with E-state index in [0.29, 0.717) is 6.54 Å². The molecule has 1 aromatic heterocycles. The van der Waals surface area contributed by atoms with E-state index in [-0.39, 0.29) is 18.0 Å². The molecule has 2 aliphatic heterocycles. The molecular formula is C24H33N5O2. The molecule has 7 nitrogen and oxygen atoms in total. The van der Waals surface area contributed by atoms with E-state index < -0.39 is 0 Å². The largest absolute Gasteiger partial charge is 0.379 e. The van der Waals surface area contributed by atoms with Crippen molar-refractivity contribution in [2.75, 3.05) is 63.9 Å². The third-order valence-electron chi connectivity index (χ3n) is 6.16. The molecule has 0 aliphatic carbocycles. The van der Waals surface area contributed by atoms with Gasteiger partial charge in [-0.25, -0.2) is 4.98 Å². The second-order valence-corrected chi connectivity index (χ2v) is 8.31. The molecule has 4 rings (SSSR count). The Balaban J connectivity index is 1.31. The van der Waals surface area contributed by atoms with Crippen molar-refractivity contribution in [3.63, 3.8) is 0 Å². The number of hydrogen-bond acceptors (Lipinski definition) is 6. The van der Waals surface area contributed by atoms with E-state index in [1.165, 1.54) is 5.56 Å². The van der Waals surface area contributed by atoms with Gasteiger partial charge in [-0.05, 0) is 24.6 Å². The van der Waals surface area contributed by atoms with Gasteiger partial charge >= 0.3 is 0 Å². The number of aromatic nitrogens is 1. The van der Waals surface area contributed by atoms with Crippen molar-refractivity contribution in [3.8, 4) is 0 Å². The fraction of sp³-hybridized carbons (Fsp3) is 0.500. The number of anilines is 1. The predicted molar refractivity (Wildman–Crippen MR) is 122 cm³/mol. The zero-order chi connectivity index (χ0) is 21.5. The van der Waals surface area contributed by atoms with E-state index in [1.54, 1.807) is 0 Å². The highest BCUT2D eigenvalue weighted by molar-refractivity contribution is 5.78. The Kier molecular flexibility index (Phi) is 7.51. The number of nitrogens with one attached hydrogen (secondary N) is 1. The summed E-state index contributed by atoms with van der Waals surface area (Å²) in [5.41, 5.74) is 1.24. The van der Waals surface area contributed by atoms with E-state index in [2.05, 4.69) is 56.2 Å². The number of nitrogens with zero attached hydrogens (tertiary/aromatic N) is 4. The highest BCUT2D eigenvalue weighted by atomic mass is 16.5. The Morgan fingerprint density at radius 1 is 1.00 bits per heavy atom. The third-order valence-corrected chi connectivity index (χ3v) is 6.16. The SMILES string of the molecule is C[C@H](NC(=O)CN1CCN(c2ccccn2)CC1)[C@@H](c1ccccc1)N1CCOCC1. The van der Waals surface area contributed by atoms with Gasteiger partial charge in [0.25, 0.3) is 0 Å². The van der Waals surface area contributed by atoms with Gasteiger partial charge in [0.05, 0.1) is 25.8 Å². The Labute approximate surface area is 185 Å². The summed E-state index contributed by atoms with van der Waals surface area (Å²) in [6, 6.07) is 16.6. The number of rotatable bonds is 7. The summed E-state index contributed by atoms with van der Waals surface area (Å²) in [6.07, 6.45) is 1.83. The minimum Gasteiger partial charge on any atom is -0.379 e. The molecule has 1 N–H and O–H groups in total. The zero-order valence-electron chi connectivity index (χ0n) is 18.3. The highest BCUT2D eigenvalue weighted by Gasteiger charge is 2.29. The van der Waals surface area contributed by atoms with Gasteiger partial charge in [0.1, 0.15) is 5.82 Å². The van der Waals surface area contributed by atoms with Crippen molar-refractivity contribution in [1.29, 1.82) is 0 Å². The topological polar surface area (TPSA) is 60.9 Å². The van der Waals surface area contributed by atoms with Crippen molar-refractivity contribution in [2.24, 2.45) is 0 Å². The summed E-state index contributed by atoms with van der Waals surface area (Å²) < 4.78 is 5.54. The molecule has 0 saturated carbocycles. The van der Waals surface area contributed by atoms with Crippen LogP contribution in [0.15, 0.2) is 54.7 Å². The fourth-order valence-electron chi connectivity index (χ4n) is 4.58. The zero-order valence-corrected chi connectivity index (χ0v) is 18.3. The molecule has 0 radical (unpaired) electrons. The van der Waals surface area contributed by atoms with Crippen molar-refractivity contribution >= 4 is 11.7 Å². The number of ether oxygens (including phenoxy) is 1. The molecular weight excluding hydrogens is 390 g/mol. The number of carbonyl (C=O) groups is 1. The van der Waals surface area contributed by atoms with Crippen LogP contribution in [0.4, 0.5) is 5.82 Å². The van der Waals surface area contributed by atoms with Gasteiger partial charge in [-0.15, -0.1) is 0 Å². The first kappa shape index (κ1) is 21.7. The summed E-state index contributed by atoms with van der Waals surface area (Å²) in [5.74, 6) is 1.10. The van der Waals surface area contributed by atoms with Gasteiger partial charge in [0.15, 0.2) is 0 Å². The minimum absolute atomic E-state index is 0.0165. The van der Waals surface area contributed by atoms with Crippen LogP contribution in [0.2, 0.25) is 0 Å². The van der Waals surface area contributed by atoms with Gasteiger partial charge in [-0.3, -0.25) is 14.6 Å². The van der Waals surface area contributed by atoms with Crippen LogP contribution in [0.5, 0.6) is 0 Å². The second-order valence-electron chi connectivity index (χ2n) is 8.31. The first-order valence-electron chi connectivity index (χ1n) is 11.2. The highest BCUT2D eigenvalue weighted by Crippen LogP contribution is 2.25. The number of morpholine rings is 1. The Morgan fingerprint density at radius 3 is 2.39 bits per heavy atom. The minimum atomic E-state index is 0.0165. The predicted octanol–water partition coefficient (Wildman–Crippen LogP) is 1.78. The van der Waals surface area contributed by atoms with Crippen LogP contribution >= 0.6 is 0 Å². The van der Waals surface area contributed by atoms with Crippen LogP contribution in [0.25, 0.3) is 0 Å². The van der Waals surface area contributed by atoms with Crippen LogP contribution < -0.4 is 10.2 Å². The lowest BCUT2D eigenvalue weighted by molar-refractivity contribution is -0.123. The lowest BCUT2D eigenvalue weighted by Gasteiger charge is -2.39. The van der Waals surface area contributed by atoms with Crippen molar-refractivity contribution < 1.29 is 9.53 Å². The molecule has 1 amide bonds. The Morgan fingerprint density at radius 2 is 1.71 bits per heavy atom. The summed E-state index contributed by atoms with van der Waals surface area (Å²) in [5, 5.41) is 3.28. The summed E-state index contributed by atoms with van der Waals surface area (Å²) >= 11 is 0. The molecule has 3 heterocycles. The van der Waals surface area contributed by atoms with E-state index in [9.17, 15) is 4.79 Å². The Hall–Kier alpha value is -2.48. The lowest BCUT2D eigenvalue weighted by atomic mass is 9.98. The maximum absolute atomic E-state index is 12.9. The molecule has 2 atom stereocenters. The average molecular weight is 424 g/mol. The number of hydrogen-bond donors (Lipinski definition) is 1. The third kappa shape index (κ3) is 5.81. The Bertz CT molecular complexity index is 805. The standard InChI is InChI=1S/C24H33N5O2/c1-20(24(21-7-3-2-4-8-21)29-15-17-31-18-16-29)26-23(30)19-27-11-13-28(14-12-27)22-9-5-6-10-25-22/h2-10,20,24H,11-19H2,1H3,(H,26,30)/t20-,24-/m0/s1. The van der Waals surface area contributed by atoms with Gasteiger partial charge in [-0.1, -0.05) is 36.4 Å². The number of carbonyl (C=O) groups excluding carboxylic acids is 1. The number of piperazine rings is 1. The van der Waals surface area contributed by atoms with Gasteiger partial charge in [0.2, 0.25) is 5.91 Å². The first-order chi connectivity index (χ1) is 15.2. The number of pyridine rings is 1. The second kappa shape index (κ2) is 10.7. The average Bonchev–Trinajstić information content (AvgIpc) is 2.82. The molecule has 2 saturated heterocycles. The van der Waals surface area contributed by atoms with Crippen molar-refractivity contribution in [3.05, 3.63) is 60.3 Å². The molecule has 2 aliphatic rings. The van der Waals surface area contributed by atoms with Crippen molar-refractivity contribution in [1.82, 2.24) is 20.1 Å². The summed E-state index contributed by atoms with van der Waals surface area (Å²) in [7, 11) is 0. The van der Waals surface area contributed by atoms with Crippen LogP contribution in [-0.4, -0.2) is 85.8 Å². The molecule has 0 bridgehead atoms. The first-order valence-corrected chi connectivity index (χ1v) is 11.2. The smallest absolute Gasteiger partial charge is 0.234 e. The molecule has 7 heteroatoms. The molecule has 1 aromatic carbocycles. The van der Waals surface area contributed by atoms with Gasteiger partial charge in [0, 0.05) is 51.5 Å². The van der Waals surface area contributed by atoms with Crippen LogP contribution in [0, 0.1) is 0 Å². The molecule has 31 heavy (non-hydrogen) atoms. The van der Waals surface area contributed by atoms with E-state index in [0.717, 1.165) is 58.3 Å². The maximum atomic E-state index is 12.9. The van der Waals surface area contributed by atoms with Gasteiger partial charge < -0.3 is 15.0 Å². The molecule has 166 valence electrons. The van der Waals surface area contributed by atoms with E-state index in [1.807, 2.05) is 30.5 Å². The molecule has 2 fully saturated rings. The fourth-order valence-corrected chi connectivity index (χ4v) is 4.58. The van der Waals surface area contributed by atoms with E-state index in [4.69, 9.17) is 4.74 Å². The molecule has 0 spiro atoms. The number of amides is 1. The van der Waals surface area contributed by atoms with Crippen molar-refractivity contribution in [2.45, 2.75) is 19.0 Å². The van der Waals surface area contributed by atoms with E-state index >= 15 is 0 Å².